The number of aromatic nitrogens is 1. The molecule has 142 valence electrons. The van der Waals surface area contributed by atoms with E-state index in [1.807, 2.05) is 43.3 Å². The van der Waals surface area contributed by atoms with E-state index in [1.165, 1.54) is 5.56 Å². The van der Waals surface area contributed by atoms with Crippen molar-refractivity contribution < 1.29 is 14.3 Å². The van der Waals surface area contributed by atoms with Crippen molar-refractivity contribution in [1.82, 2.24) is 10.3 Å². The molecule has 0 saturated carbocycles. The van der Waals surface area contributed by atoms with Crippen LogP contribution >= 0.6 is 0 Å². The van der Waals surface area contributed by atoms with E-state index in [0.29, 0.717) is 24.5 Å². The van der Waals surface area contributed by atoms with Crippen LogP contribution in [0, 0.1) is 6.92 Å². The molecular weight excluding hydrogens is 354 g/mol. The zero-order chi connectivity index (χ0) is 19.3. The van der Waals surface area contributed by atoms with E-state index in [-0.39, 0.29) is 12.7 Å². The standard InChI is InChI=1S/C22H21N3O3/c1-15-3-2-4-16(9-15)13-25-22(26)18-7-8-23-21(11-18)24-12-17-5-6-19-20(10-17)28-14-27-19/h2-11H,12-14H2,1H3,(H,23,24)(H,25,26). The molecule has 1 aliphatic rings. The summed E-state index contributed by atoms with van der Waals surface area (Å²) in [5.74, 6) is 2.02. The van der Waals surface area contributed by atoms with Crippen LogP contribution in [0.25, 0.3) is 0 Å². The van der Waals surface area contributed by atoms with Crippen molar-refractivity contribution in [3.63, 3.8) is 0 Å². The van der Waals surface area contributed by atoms with Crippen molar-refractivity contribution >= 4 is 11.7 Å². The van der Waals surface area contributed by atoms with Crippen molar-refractivity contribution in [2.45, 2.75) is 20.0 Å². The Hall–Kier alpha value is -3.54. The normalized spacial score (nSPS) is 11.9. The summed E-state index contributed by atoms with van der Waals surface area (Å²) in [6.07, 6.45) is 1.63. The molecular formula is C22H21N3O3. The number of hydrogen-bond acceptors (Lipinski definition) is 5. The van der Waals surface area contributed by atoms with Gasteiger partial charge in [0.1, 0.15) is 5.82 Å². The fourth-order valence-corrected chi connectivity index (χ4v) is 3.02. The number of nitrogens with one attached hydrogen (secondary N) is 2. The summed E-state index contributed by atoms with van der Waals surface area (Å²) in [5.41, 5.74) is 3.85. The van der Waals surface area contributed by atoms with E-state index >= 15 is 0 Å². The number of nitrogens with zero attached hydrogens (tertiary/aromatic N) is 1. The van der Waals surface area contributed by atoms with Crippen molar-refractivity contribution in [3.05, 3.63) is 83.0 Å². The second-order valence-electron chi connectivity index (χ2n) is 6.64. The molecule has 4 rings (SSSR count). The number of hydrogen-bond donors (Lipinski definition) is 2. The number of carbonyl (C=O) groups is 1. The average Bonchev–Trinajstić information content (AvgIpc) is 3.19. The van der Waals surface area contributed by atoms with Gasteiger partial charge in [0, 0.05) is 24.8 Å². The van der Waals surface area contributed by atoms with E-state index in [4.69, 9.17) is 9.47 Å². The molecule has 0 atom stereocenters. The Bertz CT molecular complexity index is 1000. The molecule has 6 nitrogen and oxygen atoms in total. The minimum Gasteiger partial charge on any atom is -0.454 e. The molecule has 0 aliphatic carbocycles. The summed E-state index contributed by atoms with van der Waals surface area (Å²) in [6, 6.07) is 17.3. The van der Waals surface area contributed by atoms with E-state index < -0.39 is 0 Å². The Morgan fingerprint density at radius 1 is 1.00 bits per heavy atom. The minimum absolute atomic E-state index is 0.130. The van der Waals surface area contributed by atoms with Gasteiger partial charge in [-0.1, -0.05) is 35.9 Å². The van der Waals surface area contributed by atoms with Gasteiger partial charge in [-0.05, 0) is 42.3 Å². The number of fused-ring (bicyclic) bond motifs is 1. The Morgan fingerprint density at radius 2 is 1.86 bits per heavy atom. The van der Waals surface area contributed by atoms with Gasteiger partial charge in [-0.15, -0.1) is 0 Å². The second kappa shape index (κ2) is 8.00. The van der Waals surface area contributed by atoms with Gasteiger partial charge in [-0.2, -0.15) is 0 Å². The third-order valence-corrected chi connectivity index (χ3v) is 4.47. The number of pyridine rings is 1. The summed E-state index contributed by atoms with van der Waals surface area (Å²) >= 11 is 0. The molecule has 0 unspecified atom stereocenters. The van der Waals surface area contributed by atoms with Crippen LogP contribution in [0.2, 0.25) is 0 Å². The summed E-state index contributed by atoms with van der Waals surface area (Å²) in [5, 5.41) is 6.19. The van der Waals surface area contributed by atoms with Crippen LogP contribution in [0.5, 0.6) is 11.5 Å². The van der Waals surface area contributed by atoms with Gasteiger partial charge in [0.25, 0.3) is 5.91 Å². The Morgan fingerprint density at radius 3 is 2.75 bits per heavy atom. The van der Waals surface area contributed by atoms with Crippen molar-refractivity contribution in [1.29, 1.82) is 0 Å². The smallest absolute Gasteiger partial charge is 0.251 e. The Labute approximate surface area is 163 Å². The molecule has 1 amide bonds. The highest BCUT2D eigenvalue weighted by molar-refractivity contribution is 5.94. The lowest BCUT2D eigenvalue weighted by molar-refractivity contribution is 0.0951. The number of aryl methyl sites for hydroxylation is 1. The van der Waals surface area contributed by atoms with Crippen LogP contribution in [0.1, 0.15) is 27.0 Å². The van der Waals surface area contributed by atoms with Crippen molar-refractivity contribution in [2.75, 3.05) is 12.1 Å². The van der Waals surface area contributed by atoms with Crippen molar-refractivity contribution in [2.24, 2.45) is 0 Å². The number of carbonyl (C=O) groups excluding carboxylic acids is 1. The predicted octanol–water partition coefficient (Wildman–Crippen LogP) is 3.66. The van der Waals surface area contributed by atoms with Crippen LogP contribution < -0.4 is 20.1 Å². The topological polar surface area (TPSA) is 72.5 Å². The zero-order valence-corrected chi connectivity index (χ0v) is 15.6. The SMILES string of the molecule is Cc1cccc(CNC(=O)c2ccnc(NCc3ccc4c(c3)OCO4)c2)c1. The number of rotatable bonds is 6. The fourth-order valence-electron chi connectivity index (χ4n) is 3.02. The molecule has 0 bridgehead atoms. The first-order valence-corrected chi connectivity index (χ1v) is 9.09. The van der Waals surface area contributed by atoms with E-state index in [9.17, 15) is 4.79 Å². The van der Waals surface area contributed by atoms with Gasteiger partial charge in [0.2, 0.25) is 6.79 Å². The maximum absolute atomic E-state index is 12.5. The van der Waals surface area contributed by atoms with Crippen molar-refractivity contribution in [3.8, 4) is 11.5 Å². The van der Waals surface area contributed by atoms with Gasteiger partial charge >= 0.3 is 0 Å². The van der Waals surface area contributed by atoms with Gasteiger partial charge in [-0.25, -0.2) is 4.98 Å². The highest BCUT2D eigenvalue weighted by atomic mass is 16.7. The summed E-state index contributed by atoms with van der Waals surface area (Å²) < 4.78 is 10.7. The first-order valence-electron chi connectivity index (χ1n) is 9.09. The van der Waals surface area contributed by atoms with Crippen LogP contribution in [0.15, 0.2) is 60.8 Å². The van der Waals surface area contributed by atoms with Gasteiger partial charge < -0.3 is 20.1 Å². The molecule has 2 aromatic carbocycles. The molecule has 1 aliphatic heterocycles. The maximum Gasteiger partial charge on any atom is 0.251 e. The predicted molar refractivity (Wildman–Crippen MR) is 106 cm³/mol. The summed E-state index contributed by atoms with van der Waals surface area (Å²) in [4.78, 5) is 16.8. The Balaban J connectivity index is 1.36. The van der Waals surface area contributed by atoms with E-state index in [1.54, 1.807) is 18.3 Å². The summed E-state index contributed by atoms with van der Waals surface area (Å²) in [7, 11) is 0. The highest BCUT2D eigenvalue weighted by Crippen LogP contribution is 2.32. The number of ether oxygens (including phenoxy) is 2. The lowest BCUT2D eigenvalue weighted by Crippen LogP contribution is -2.23. The first-order chi connectivity index (χ1) is 13.7. The second-order valence-corrected chi connectivity index (χ2v) is 6.64. The molecule has 0 spiro atoms. The Kier molecular flexibility index (Phi) is 5.10. The third-order valence-electron chi connectivity index (χ3n) is 4.47. The average molecular weight is 375 g/mol. The van der Waals surface area contributed by atoms with Gasteiger partial charge in [0.05, 0.1) is 0 Å². The maximum atomic E-state index is 12.5. The molecule has 2 N–H and O–H groups in total. The zero-order valence-electron chi connectivity index (χ0n) is 15.6. The molecule has 0 saturated heterocycles. The van der Waals surface area contributed by atoms with Crippen LogP contribution in [-0.2, 0) is 13.1 Å². The number of amides is 1. The highest BCUT2D eigenvalue weighted by Gasteiger charge is 2.13. The monoisotopic (exact) mass is 375 g/mol. The van der Waals surface area contributed by atoms with Gasteiger partial charge in [0.15, 0.2) is 11.5 Å². The van der Waals surface area contributed by atoms with Crippen LogP contribution in [0.4, 0.5) is 5.82 Å². The quantitative estimate of drug-likeness (QED) is 0.688. The molecule has 6 heteroatoms. The minimum atomic E-state index is -0.130. The van der Waals surface area contributed by atoms with E-state index in [2.05, 4.69) is 21.7 Å². The fraction of sp³-hybridized carbons (Fsp3) is 0.182. The largest absolute Gasteiger partial charge is 0.454 e. The summed E-state index contributed by atoms with van der Waals surface area (Å²) in [6.45, 7) is 3.35. The third kappa shape index (κ3) is 4.23. The number of anilines is 1. The molecule has 3 aromatic rings. The lowest BCUT2D eigenvalue weighted by Gasteiger charge is -2.09. The van der Waals surface area contributed by atoms with Crippen LogP contribution in [-0.4, -0.2) is 17.7 Å². The van der Waals surface area contributed by atoms with E-state index in [0.717, 1.165) is 22.6 Å². The molecule has 0 radical (unpaired) electrons. The first kappa shape index (κ1) is 17.9. The molecule has 28 heavy (non-hydrogen) atoms. The molecule has 0 fully saturated rings. The number of benzene rings is 2. The molecule has 2 heterocycles. The van der Waals surface area contributed by atoms with Crippen LogP contribution in [0.3, 0.4) is 0 Å². The van der Waals surface area contributed by atoms with Gasteiger partial charge in [-0.3, -0.25) is 4.79 Å². The lowest BCUT2D eigenvalue weighted by atomic mass is 10.1. The molecule has 1 aromatic heterocycles.